The third-order valence-electron chi connectivity index (χ3n) is 7.84. The molecule has 0 N–H and O–H groups in total. The molecule has 1 saturated heterocycles. The number of carbonyl (C=O) groups excluding carboxylic acids is 3. The molecule has 0 radical (unpaired) electrons. The van der Waals surface area contributed by atoms with Crippen molar-refractivity contribution < 1.29 is 14.4 Å². The highest BCUT2D eigenvalue weighted by Gasteiger charge is 2.46. The Morgan fingerprint density at radius 3 is 2.41 bits per heavy atom. The maximum absolute atomic E-state index is 13.8. The van der Waals surface area contributed by atoms with Crippen molar-refractivity contribution in [2.24, 2.45) is 0 Å². The number of benzene rings is 3. The van der Waals surface area contributed by atoms with E-state index in [4.69, 9.17) is 4.98 Å². The number of carbonyl (C=O) groups is 3. The summed E-state index contributed by atoms with van der Waals surface area (Å²) in [6.07, 6.45) is 4.89. The van der Waals surface area contributed by atoms with E-state index in [9.17, 15) is 14.4 Å². The summed E-state index contributed by atoms with van der Waals surface area (Å²) >= 11 is 1.62. The number of thiazole rings is 1. The molecule has 1 aliphatic carbocycles. The molecular formula is C32H31N3O3S. The second-order valence-electron chi connectivity index (χ2n) is 10.7. The molecule has 1 unspecified atom stereocenters. The summed E-state index contributed by atoms with van der Waals surface area (Å²) in [7, 11) is 0. The molecule has 6 rings (SSSR count). The number of fused-ring (bicyclic) bond motifs is 1. The Labute approximate surface area is 232 Å². The van der Waals surface area contributed by atoms with Gasteiger partial charge in [-0.3, -0.25) is 14.4 Å². The van der Waals surface area contributed by atoms with Crippen LogP contribution >= 0.6 is 11.3 Å². The van der Waals surface area contributed by atoms with Crippen LogP contribution in [0.1, 0.15) is 60.0 Å². The highest BCUT2D eigenvalue weighted by molar-refractivity contribution is 7.21. The molecule has 6 nitrogen and oxygen atoms in total. The van der Waals surface area contributed by atoms with Crippen LogP contribution in [0.3, 0.4) is 0 Å². The minimum atomic E-state index is -0.791. The SMILES string of the molecule is Cc1cccc(C(=O)N(C2CCCCC2)C2CC(=O)N(c3ccc(-c4nc5ccc(C)cc5s4)cc3)C2=O)c1. The summed E-state index contributed by atoms with van der Waals surface area (Å²) in [6.45, 7) is 4.02. The van der Waals surface area contributed by atoms with Gasteiger partial charge in [-0.15, -0.1) is 11.3 Å². The summed E-state index contributed by atoms with van der Waals surface area (Å²) in [5, 5.41) is 0.895. The number of nitrogens with zero attached hydrogens (tertiary/aromatic N) is 3. The second-order valence-corrected chi connectivity index (χ2v) is 11.7. The first-order valence-electron chi connectivity index (χ1n) is 13.6. The summed E-state index contributed by atoms with van der Waals surface area (Å²) in [6, 6.07) is 20.3. The summed E-state index contributed by atoms with van der Waals surface area (Å²) < 4.78 is 1.13. The van der Waals surface area contributed by atoms with E-state index in [1.807, 2.05) is 43.3 Å². The van der Waals surface area contributed by atoms with Gasteiger partial charge in [-0.2, -0.15) is 0 Å². The van der Waals surface area contributed by atoms with Gasteiger partial charge in [0, 0.05) is 17.2 Å². The molecule has 7 heteroatoms. The molecule has 2 aliphatic rings. The Kier molecular flexibility index (Phi) is 6.77. The topological polar surface area (TPSA) is 70.6 Å². The van der Waals surface area contributed by atoms with Crippen molar-refractivity contribution in [1.29, 1.82) is 0 Å². The van der Waals surface area contributed by atoms with Crippen LogP contribution in [-0.2, 0) is 9.59 Å². The van der Waals surface area contributed by atoms with E-state index in [0.717, 1.165) is 58.5 Å². The van der Waals surface area contributed by atoms with Crippen LogP contribution in [0, 0.1) is 13.8 Å². The third kappa shape index (κ3) is 4.87. The Balaban J connectivity index is 1.28. The molecule has 3 amide bonds. The van der Waals surface area contributed by atoms with Gasteiger partial charge in [0.15, 0.2) is 0 Å². The first kappa shape index (κ1) is 25.4. The van der Waals surface area contributed by atoms with Crippen molar-refractivity contribution in [2.75, 3.05) is 4.90 Å². The Hall–Kier alpha value is -3.84. The van der Waals surface area contributed by atoms with Crippen LogP contribution < -0.4 is 4.90 Å². The maximum Gasteiger partial charge on any atom is 0.257 e. The molecule has 4 aromatic rings. The number of imide groups is 1. The van der Waals surface area contributed by atoms with Gasteiger partial charge in [-0.25, -0.2) is 9.88 Å². The quantitative estimate of drug-likeness (QED) is 0.266. The van der Waals surface area contributed by atoms with Gasteiger partial charge in [0.1, 0.15) is 11.0 Å². The molecule has 2 heterocycles. The zero-order chi connectivity index (χ0) is 27.1. The van der Waals surface area contributed by atoms with E-state index < -0.39 is 6.04 Å². The van der Waals surface area contributed by atoms with Crippen molar-refractivity contribution in [1.82, 2.24) is 9.88 Å². The molecule has 0 spiro atoms. The molecule has 1 saturated carbocycles. The number of hydrogen-bond acceptors (Lipinski definition) is 5. The van der Waals surface area contributed by atoms with Crippen molar-refractivity contribution >= 4 is 45.0 Å². The molecule has 198 valence electrons. The van der Waals surface area contributed by atoms with Crippen molar-refractivity contribution in [3.8, 4) is 10.6 Å². The van der Waals surface area contributed by atoms with Gasteiger partial charge in [0.25, 0.3) is 11.8 Å². The number of amides is 3. The highest BCUT2D eigenvalue weighted by atomic mass is 32.1. The molecule has 3 aromatic carbocycles. The fraction of sp³-hybridized carbons (Fsp3) is 0.312. The number of hydrogen-bond donors (Lipinski definition) is 0. The lowest BCUT2D eigenvalue weighted by Gasteiger charge is -2.37. The molecule has 1 aromatic heterocycles. The Bertz CT molecular complexity index is 1570. The van der Waals surface area contributed by atoms with Gasteiger partial charge >= 0.3 is 0 Å². The first-order valence-corrected chi connectivity index (χ1v) is 14.4. The number of anilines is 1. The summed E-state index contributed by atoms with van der Waals surface area (Å²) in [5.74, 6) is -0.763. The highest BCUT2D eigenvalue weighted by Crippen LogP contribution is 2.35. The van der Waals surface area contributed by atoms with E-state index in [2.05, 4.69) is 19.1 Å². The monoisotopic (exact) mass is 537 g/mol. The van der Waals surface area contributed by atoms with E-state index in [0.29, 0.717) is 11.3 Å². The number of aromatic nitrogens is 1. The van der Waals surface area contributed by atoms with E-state index in [1.165, 1.54) is 10.5 Å². The van der Waals surface area contributed by atoms with Gasteiger partial charge in [-0.05, 0) is 80.8 Å². The zero-order valence-electron chi connectivity index (χ0n) is 22.2. The number of aryl methyl sites for hydroxylation is 2. The molecule has 2 fully saturated rings. The largest absolute Gasteiger partial charge is 0.323 e. The third-order valence-corrected chi connectivity index (χ3v) is 8.91. The van der Waals surface area contributed by atoms with Crippen LogP contribution in [-0.4, -0.2) is 39.7 Å². The predicted octanol–water partition coefficient (Wildman–Crippen LogP) is 6.69. The van der Waals surface area contributed by atoms with Crippen LogP contribution in [0.4, 0.5) is 5.69 Å². The smallest absolute Gasteiger partial charge is 0.257 e. The summed E-state index contributed by atoms with van der Waals surface area (Å²) in [5.41, 5.74) is 5.17. The molecule has 1 atom stereocenters. The minimum Gasteiger partial charge on any atom is -0.323 e. The molecular weight excluding hydrogens is 506 g/mol. The fourth-order valence-corrected chi connectivity index (χ4v) is 6.93. The van der Waals surface area contributed by atoms with Crippen LogP contribution in [0.25, 0.3) is 20.8 Å². The average Bonchev–Trinajstić information content (AvgIpc) is 3.49. The van der Waals surface area contributed by atoms with E-state index in [-0.39, 0.29) is 30.2 Å². The van der Waals surface area contributed by atoms with Gasteiger partial charge < -0.3 is 4.90 Å². The Morgan fingerprint density at radius 2 is 1.67 bits per heavy atom. The van der Waals surface area contributed by atoms with Gasteiger partial charge in [0.05, 0.1) is 22.3 Å². The van der Waals surface area contributed by atoms with Gasteiger partial charge in [-0.1, -0.05) is 43.0 Å². The minimum absolute atomic E-state index is 0.00581. The predicted molar refractivity (Wildman–Crippen MR) is 155 cm³/mol. The first-order chi connectivity index (χ1) is 18.9. The molecule has 1 aliphatic heterocycles. The molecule has 0 bridgehead atoms. The lowest BCUT2D eigenvalue weighted by molar-refractivity contribution is -0.123. The van der Waals surface area contributed by atoms with E-state index in [1.54, 1.807) is 34.4 Å². The van der Waals surface area contributed by atoms with Crippen LogP contribution in [0.15, 0.2) is 66.7 Å². The lowest BCUT2D eigenvalue weighted by atomic mass is 9.92. The lowest BCUT2D eigenvalue weighted by Crippen LogP contribution is -2.51. The van der Waals surface area contributed by atoms with Crippen molar-refractivity contribution in [3.05, 3.63) is 83.4 Å². The summed E-state index contributed by atoms with van der Waals surface area (Å²) in [4.78, 5) is 48.6. The van der Waals surface area contributed by atoms with E-state index >= 15 is 0 Å². The fourth-order valence-electron chi connectivity index (χ4n) is 5.86. The molecule has 39 heavy (non-hydrogen) atoms. The van der Waals surface area contributed by atoms with Crippen LogP contribution in [0.2, 0.25) is 0 Å². The van der Waals surface area contributed by atoms with Crippen molar-refractivity contribution in [2.45, 2.75) is 64.5 Å². The normalized spacial score (nSPS) is 18.2. The Morgan fingerprint density at radius 1 is 0.923 bits per heavy atom. The average molecular weight is 538 g/mol. The standard InChI is InChI=1S/C32H31N3O3S/c1-20-7-6-8-23(17-20)31(37)34(24-9-4-3-5-10-24)27-19-29(36)35(32(27)38)25-14-12-22(13-15-25)30-33-26-16-11-21(2)18-28(26)39-30/h6-8,11-18,24,27H,3-5,9-10,19H2,1-2H3. The maximum atomic E-state index is 13.8. The van der Waals surface area contributed by atoms with Gasteiger partial charge in [0.2, 0.25) is 5.91 Å². The second kappa shape index (κ2) is 10.4. The zero-order valence-corrected chi connectivity index (χ0v) is 23.0. The van der Waals surface area contributed by atoms with Crippen LogP contribution in [0.5, 0.6) is 0 Å². The number of rotatable bonds is 5. The van der Waals surface area contributed by atoms with Crippen molar-refractivity contribution in [3.63, 3.8) is 0 Å².